The lowest BCUT2D eigenvalue weighted by Gasteiger charge is -2.22. The molecule has 1 heterocycles. The number of ether oxygens (including phenoxy) is 1. The van der Waals surface area contributed by atoms with Crippen LogP contribution in [0.2, 0.25) is 0 Å². The number of aliphatic carboxylic acids is 2. The average Bonchev–Trinajstić information content (AvgIpc) is 2.92. The van der Waals surface area contributed by atoms with Crippen molar-refractivity contribution in [3.8, 4) is 11.5 Å². The fourth-order valence-electron chi connectivity index (χ4n) is 4.30. The number of Topliss-reactive ketones (excluding diaryl/α,β-unsaturated/α-hetero) is 1. The van der Waals surface area contributed by atoms with Crippen molar-refractivity contribution in [2.75, 3.05) is 6.61 Å². The van der Waals surface area contributed by atoms with E-state index in [9.17, 15) is 49.2 Å². The molecule has 2 aromatic rings. The summed E-state index contributed by atoms with van der Waals surface area (Å²) in [7, 11) is 0. The molecule has 1 unspecified atom stereocenters. The van der Waals surface area contributed by atoms with Crippen LogP contribution in [0.4, 0.5) is 0 Å². The molecule has 42 heavy (non-hydrogen) atoms. The van der Waals surface area contributed by atoms with Crippen molar-refractivity contribution < 1.29 is 63.8 Å². The maximum Gasteiger partial charge on any atom is 0.343 e. The zero-order chi connectivity index (χ0) is 30.9. The lowest BCUT2D eigenvalue weighted by atomic mass is 9.80. The van der Waals surface area contributed by atoms with Gasteiger partial charge in [-0.25, -0.2) is 9.59 Å². The first-order valence-corrected chi connectivity index (χ1v) is 12.0. The summed E-state index contributed by atoms with van der Waals surface area (Å²) in [4.78, 5) is 73.8. The van der Waals surface area contributed by atoms with E-state index in [1.807, 2.05) is 5.32 Å². The van der Waals surface area contributed by atoms with Gasteiger partial charge in [-0.2, -0.15) is 0 Å². The van der Waals surface area contributed by atoms with Crippen molar-refractivity contribution in [2.45, 2.75) is 18.9 Å². The van der Waals surface area contributed by atoms with Crippen LogP contribution >= 0.6 is 0 Å². The second kappa shape index (κ2) is 11.3. The molecule has 218 valence electrons. The van der Waals surface area contributed by atoms with Gasteiger partial charge in [-0.3, -0.25) is 19.2 Å². The molecule has 7 N–H and O–H groups in total. The number of carboxylic acid groups (broad SMARTS) is 2. The van der Waals surface area contributed by atoms with Gasteiger partial charge < -0.3 is 45.1 Å². The standard InChI is InChI=1S/C27H21NO14/c29-15-5-10-1-2-11(23(35)12(10)6-16(15)30)13-8-41-18-7-17(31)25(37)22(21(18)24(13)36)27(40)42-9-19(32)28-14(26(38)39)3-4-20(33)34/h1-2,5-8,12,14,29-31,37H,3-4,9H2,(H,28,32)(H,33,34)(H,38,39)/t12?,14-/m0/s1. The van der Waals surface area contributed by atoms with Gasteiger partial charge in [-0.05, 0) is 24.1 Å². The van der Waals surface area contributed by atoms with Gasteiger partial charge >= 0.3 is 17.9 Å². The zero-order valence-corrected chi connectivity index (χ0v) is 21.2. The third-order valence-corrected chi connectivity index (χ3v) is 6.37. The molecule has 1 aromatic heterocycles. The molecule has 2 atom stereocenters. The summed E-state index contributed by atoms with van der Waals surface area (Å²) >= 11 is 0. The van der Waals surface area contributed by atoms with Gasteiger partial charge in [-0.1, -0.05) is 12.2 Å². The number of nitrogens with one attached hydrogen (secondary N) is 1. The highest BCUT2D eigenvalue weighted by molar-refractivity contribution is 6.25. The minimum Gasteiger partial charge on any atom is -0.504 e. The SMILES string of the molecule is O=C(O)CC[C@H](NC(=O)COC(=O)c1c(O)c(O)cc2occ(C3=CC=C4C=C(O)C(O)=CC4C3=O)c(=O)c12)C(=O)O. The van der Waals surface area contributed by atoms with Crippen molar-refractivity contribution in [2.24, 2.45) is 5.92 Å². The summed E-state index contributed by atoms with van der Waals surface area (Å²) < 4.78 is 10.2. The number of carbonyl (C=O) groups excluding carboxylic acids is 3. The number of aromatic hydroxyl groups is 2. The van der Waals surface area contributed by atoms with E-state index in [1.54, 1.807) is 0 Å². The van der Waals surface area contributed by atoms with Crippen LogP contribution in [0.1, 0.15) is 28.8 Å². The summed E-state index contributed by atoms with van der Waals surface area (Å²) in [5.41, 5.74) is -2.58. The predicted octanol–water partition coefficient (Wildman–Crippen LogP) is 1.20. The largest absolute Gasteiger partial charge is 0.504 e. The van der Waals surface area contributed by atoms with Crippen LogP contribution in [0.3, 0.4) is 0 Å². The minimum absolute atomic E-state index is 0.203. The van der Waals surface area contributed by atoms with Crippen LogP contribution in [0.25, 0.3) is 16.5 Å². The smallest absolute Gasteiger partial charge is 0.343 e. The summed E-state index contributed by atoms with van der Waals surface area (Å²) in [5, 5.41) is 59.3. The number of hydrogen-bond acceptors (Lipinski definition) is 12. The maximum atomic E-state index is 13.5. The van der Waals surface area contributed by atoms with Crippen molar-refractivity contribution in [3.05, 3.63) is 75.1 Å². The molecule has 2 aliphatic carbocycles. The normalized spacial score (nSPS) is 16.8. The number of phenolic OH excluding ortho intramolecular Hbond substituents is 2. The van der Waals surface area contributed by atoms with E-state index in [0.29, 0.717) is 5.57 Å². The molecule has 4 rings (SSSR count). The number of benzene rings is 1. The van der Waals surface area contributed by atoms with Crippen molar-refractivity contribution in [3.63, 3.8) is 0 Å². The Labute approximate surface area is 233 Å². The van der Waals surface area contributed by atoms with Gasteiger partial charge in [-0.15, -0.1) is 0 Å². The lowest BCUT2D eigenvalue weighted by molar-refractivity contribution is -0.143. The number of phenols is 2. The van der Waals surface area contributed by atoms with Crippen LogP contribution < -0.4 is 10.7 Å². The zero-order valence-electron chi connectivity index (χ0n) is 21.2. The molecule has 0 bridgehead atoms. The fourth-order valence-corrected chi connectivity index (χ4v) is 4.30. The summed E-state index contributed by atoms with van der Waals surface area (Å²) in [5.74, 6) is -10.3. The number of carboxylic acids is 2. The van der Waals surface area contributed by atoms with Crippen molar-refractivity contribution in [1.82, 2.24) is 5.32 Å². The predicted molar refractivity (Wildman–Crippen MR) is 139 cm³/mol. The molecule has 15 nitrogen and oxygen atoms in total. The van der Waals surface area contributed by atoms with Gasteiger partial charge in [0.25, 0.3) is 5.91 Å². The molecule has 0 saturated carbocycles. The Bertz CT molecular complexity index is 1740. The van der Waals surface area contributed by atoms with E-state index in [4.69, 9.17) is 19.4 Å². The molecule has 0 saturated heterocycles. The second-order valence-corrected chi connectivity index (χ2v) is 9.11. The number of carbonyl (C=O) groups is 5. The number of amides is 1. The topological polar surface area (TPSA) is 258 Å². The number of ketones is 1. The number of allylic oxidation sites excluding steroid dienone is 6. The third kappa shape index (κ3) is 5.56. The highest BCUT2D eigenvalue weighted by Crippen LogP contribution is 2.37. The third-order valence-electron chi connectivity index (χ3n) is 6.37. The Morgan fingerprint density at radius 1 is 1.02 bits per heavy atom. The number of esters is 1. The van der Waals surface area contributed by atoms with E-state index < -0.39 is 106 Å². The Balaban J connectivity index is 1.67. The van der Waals surface area contributed by atoms with Crippen LogP contribution in [0.5, 0.6) is 11.5 Å². The molecule has 1 aromatic carbocycles. The summed E-state index contributed by atoms with van der Waals surface area (Å²) in [6.07, 6.45) is 4.74. The Kier molecular flexibility index (Phi) is 7.85. The van der Waals surface area contributed by atoms with E-state index >= 15 is 0 Å². The van der Waals surface area contributed by atoms with Gasteiger partial charge in [0.1, 0.15) is 23.5 Å². The lowest BCUT2D eigenvalue weighted by Crippen LogP contribution is -2.43. The Morgan fingerprint density at radius 3 is 2.40 bits per heavy atom. The van der Waals surface area contributed by atoms with Gasteiger partial charge in [0.05, 0.1) is 16.9 Å². The van der Waals surface area contributed by atoms with Gasteiger partial charge in [0.2, 0.25) is 5.43 Å². The Hall–Kier alpha value is -5.86. The first-order valence-electron chi connectivity index (χ1n) is 12.0. The molecule has 1 amide bonds. The van der Waals surface area contributed by atoms with Gasteiger partial charge in [0, 0.05) is 18.1 Å². The number of aliphatic hydroxyl groups is 2. The molecular formula is C27H21NO14. The highest BCUT2D eigenvalue weighted by atomic mass is 16.5. The summed E-state index contributed by atoms with van der Waals surface area (Å²) in [6.45, 7) is -1.12. The van der Waals surface area contributed by atoms with E-state index in [2.05, 4.69) is 0 Å². The molecule has 0 radical (unpaired) electrons. The van der Waals surface area contributed by atoms with Gasteiger partial charge in [0.15, 0.2) is 35.4 Å². The van der Waals surface area contributed by atoms with E-state index in [0.717, 1.165) is 18.4 Å². The number of hydrogen-bond donors (Lipinski definition) is 7. The second-order valence-electron chi connectivity index (χ2n) is 9.11. The van der Waals surface area contributed by atoms with E-state index in [-0.39, 0.29) is 11.1 Å². The van der Waals surface area contributed by atoms with E-state index in [1.165, 1.54) is 18.2 Å². The number of aliphatic hydroxyl groups excluding tert-OH is 2. The minimum atomic E-state index is -1.62. The van der Waals surface area contributed by atoms with Crippen molar-refractivity contribution >= 4 is 46.1 Å². The Morgan fingerprint density at radius 2 is 1.74 bits per heavy atom. The molecule has 15 heteroatoms. The van der Waals surface area contributed by atoms with Crippen LogP contribution in [-0.2, 0) is 23.9 Å². The number of fused-ring (bicyclic) bond motifs is 2. The monoisotopic (exact) mass is 583 g/mol. The first-order chi connectivity index (χ1) is 19.8. The molecule has 0 spiro atoms. The van der Waals surface area contributed by atoms with Crippen LogP contribution in [0, 0.1) is 5.92 Å². The molecular weight excluding hydrogens is 562 g/mol. The van der Waals surface area contributed by atoms with Crippen LogP contribution in [0.15, 0.2) is 62.9 Å². The molecule has 2 aliphatic rings. The molecule has 0 aliphatic heterocycles. The average molecular weight is 583 g/mol. The van der Waals surface area contributed by atoms with Crippen molar-refractivity contribution in [1.29, 1.82) is 0 Å². The fraction of sp³-hybridized carbons (Fsp3) is 0.185. The first kappa shape index (κ1) is 29.1. The summed E-state index contributed by atoms with van der Waals surface area (Å²) in [6, 6.07) is -0.794. The van der Waals surface area contributed by atoms with Crippen LogP contribution in [-0.4, -0.2) is 72.9 Å². The molecule has 0 fully saturated rings. The quantitative estimate of drug-likeness (QED) is 0.162. The maximum absolute atomic E-state index is 13.5. The number of rotatable bonds is 9. The highest BCUT2D eigenvalue weighted by Gasteiger charge is 2.33.